The smallest absolute Gasteiger partial charge is 0.407 e. The number of ether oxygens (including phenoxy) is 1. The summed E-state index contributed by atoms with van der Waals surface area (Å²) in [5.74, 6) is -1.38. The Bertz CT molecular complexity index is 1010. The summed E-state index contributed by atoms with van der Waals surface area (Å²) >= 11 is 0. The number of carboxylic acid groups (broad SMARTS) is 1. The van der Waals surface area contributed by atoms with Gasteiger partial charge in [-0.15, -0.1) is 0 Å². The number of rotatable bonds is 8. The van der Waals surface area contributed by atoms with Crippen LogP contribution in [0.4, 0.5) is 4.79 Å². The van der Waals surface area contributed by atoms with E-state index < -0.39 is 23.5 Å². The number of alkyl carbamates (subject to hydrolysis) is 1. The fourth-order valence-electron chi connectivity index (χ4n) is 4.41. The summed E-state index contributed by atoms with van der Waals surface area (Å²) in [5, 5.41) is 11.8. The minimum Gasteiger partial charge on any atom is -0.481 e. The molecule has 2 aromatic carbocycles. The molecule has 0 aromatic heterocycles. The molecule has 0 heterocycles. The Kier molecular flexibility index (Phi) is 7.64. The second-order valence-electron chi connectivity index (χ2n) is 10.0. The minimum absolute atomic E-state index is 0.0742. The predicted octanol–water partition coefficient (Wildman–Crippen LogP) is 4.65. The molecule has 0 saturated carbocycles. The zero-order valence-corrected chi connectivity index (χ0v) is 20.5. The summed E-state index contributed by atoms with van der Waals surface area (Å²) in [5.41, 5.74) is 3.90. The Labute approximate surface area is 201 Å². The van der Waals surface area contributed by atoms with Crippen molar-refractivity contribution in [1.29, 1.82) is 0 Å². The van der Waals surface area contributed by atoms with Gasteiger partial charge in [0.25, 0.3) is 0 Å². The number of carbonyl (C=O) groups is 3. The first-order chi connectivity index (χ1) is 16.0. The Hall–Kier alpha value is -3.35. The van der Waals surface area contributed by atoms with E-state index in [1.807, 2.05) is 71.0 Å². The molecule has 1 aliphatic rings. The number of carboxylic acids is 1. The Balaban J connectivity index is 1.73. The van der Waals surface area contributed by atoms with Crippen LogP contribution in [0.2, 0.25) is 0 Å². The average molecular weight is 467 g/mol. The zero-order chi connectivity index (χ0) is 25.0. The number of fused-ring (bicyclic) bond motifs is 3. The van der Waals surface area contributed by atoms with Gasteiger partial charge in [-0.25, -0.2) is 4.79 Å². The second-order valence-corrected chi connectivity index (χ2v) is 10.0. The zero-order valence-electron chi connectivity index (χ0n) is 20.5. The van der Waals surface area contributed by atoms with E-state index in [1.165, 1.54) is 4.90 Å². The van der Waals surface area contributed by atoms with E-state index >= 15 is 0 Å². The quantitative estimate of drug-likeness (QED) is 0.590. The number of nitrogens with zero attached hydrogens (tertiary/aromatic N) is 1. The van der Waals surface area contributed by atoms with E-state index in [-0.39, 0.29) is 37.4 Å². The third-order valence-corrected chi connectivity index (χ3v) is 6.19. The fraction of sp³-hybridized carbons (Fsp3) is 0.444. The monoisotopic (exact) mass is 466 g/mol. The van der Waals surface area contributed by atoms with Crippen molar-refractivity contribution >= 4 is 18.0 Å². The molecule has 1 aliphatic carbocycles. The fourth-order valence-corrected chi connectivity index (χ4v) is 4.41. The molecule has 0 fully saturated rings. The molecule has 7 heteroatoms. The number of nitrogens with one attached hydrogen (secondary N) is 1. The van der Waals surface area contributed by atoms with Crippen molar-refractivity contribution in [3.63, 3.8) is 0 Å². The molecule has 182 valence electrons. The minimum atomic E-state index is -0.977. The number of hydrogen-bond acceptors (Lipinski definition) is 4. The molecule has 7 nitrogen and oxygen atoms in total. The number of benzene rings is 2. The lowest BCUT2D eigenvalue weighted by molar-refractivity contribution is -0.141. The lowest BCUT2D eigenvalue weighted by Gasteiger charge is -2.36. The summed E-state index contributed by atoms with van der Waals surface area (Å²) < 4.78 is 5.64. The third-order valence-electron chi connectivity index (χ3n) is 6.19. The molecule has 1 atom stereocenters. The van der Waals surface area contributed by atoms with Crippen LogP contribution < -0.4 is 5.32 Å². The third kappa shape index (κ3) is 5.58. The predicted molar refractivity (Wildman–Crippen MR) is 131 cm³/mol. The van der Waals surface area contributed by atoms with Gasteiger partial charge in [0.15, 0.2) is 0 Å². The number of amides is 2. The van der Waals surface area contributed by atoms with E-state index in [0.29, 0.717) is 0 Å². The highest BCUT2D eigenvalue weighted by Crippen LogP contribution is 2.44. The molecule has 2 N–H and O–H groups in total. The van der Waals surface area contributed by atoms with Gasteiger partial charge in [-0.3, -0.25) is 9.59 Å². The summed E-state index contributed by atoms with van der Waals surface area (Å²) in [6.45, 7) is 9.45. The van der Waals surface area contributed by atoms with Gasteiger partial charge in [0.1, 0.15) is 12.6 Å². The first-order valence-electron chi connectivity index (χ1n) is 11.6. The topological polar surface area (TPSA) is 95.9 Å². The van der Waals surface area contributed by atoms with Crippen LogP contribution in [0.25, 0.3) is 11.1 Å². The molecule has 2 amide bonds. The van der Waals surface area contributed by atoms with Crippen LogP contribution >= 0.6 is 0 Å². The standard InChI is InChI=1S/C27H34N2O5/c1-17(2)29(15-14-23(30)31)25(32)24(27(3,4)5)28-26(33)34-16-22-20-12-8-6-10-18(20)19-11-7-9-13-21(19)22/h6-13,17,22,24H,14-16H2,1-5H3,(H,28,33)(H,30,31). The normalized spacial score (nSPS) is 13.7. The summed E-state index contributed by atoms with van der Waals surface area (Å²) in [6.07, 6.45) is -0.830. The van der Waals surface area contributed by atoms with Crippen molar-refractivity contribution in [3.05, 3.63) is 59.7 Å². The highest BCUT2D eigenvalue weighted by Gasteiger charge is 2.37. The van der Waals surface area contributed by atoms with Crippen LogP contribution in [-0.4, -0.2) is 53.2 Å². The van der Waals surface area contributed by atoms with Gasteiger partial charge < -0.3 is 20.1 Å². The van der Waals surface area contributed by atoms with E-state index in [0.717, 1.165) is 22.3 Å². The van der Waals surface area contributed by atoms with Crippen molar-refractivity contribution in [2.24, 2.45) is 5.41 Å². The van der Waals surface area contributed by atoms with Gasteiger partial charge in [-0.05, 0) is 41.5 Å². The van der Waals surface area contributed by atoms with Gasteiger partial charge in [-0.1, -0.05) is 69.3 Å². The number of hydrogen-bond donors (Lipinski definition) is 2. The van der Waals surface area contributed by atoms with Crippen molar-refractivity contribution < 1.29 is 24.2 Å². The van der Waals surface area contributed by atoms with Gasteiger partial charge in [0.2, 0.25) is 5.91 Å². The first kappa shape index (κ1) is 25.3. The van der Waals surface area contributed by atoms with Crippen LogP contribution in [0.5, 0.6) is 0 Å². The molecular formula is C27H34N2O5. The maximum Gasteiger partial charge on any atom is 0.407 e. The van der Waals surface area contributed by atoms with Crippen molar-refractivity contribution in [2.75, 3.05) is 13.2 Å². The van der Waals surface area contributed by atoms with Crippen LogP contribution in [0.1, 0.15) is 58.1 Å². The lowest BCUT2D eigenvalue weighted by atomic mass is 9.85. The number of carbonyl (C=O) groups excluding carboxylic acids is 2. The largest absolute Gasteiger partial charge is 0.481 e. The molecule has 0 radical (unpaired) electrons. The second kappa shape index (κ2) is 10.3. The molecule has 0 saturated heterocycles. The molecule has 1 unspecified atom stereocenters. The first-order valence-corrected chi connectivity index (χ1v) is 11.6. The van der Waals surface area contributed by atoms with Crippen molar-refractivity contribution in [3.8, 4) is 11.1 Å². The van der Waals surface area contributed by atoms with Gasteiger partial charge in [-0.2, -0.15) is 0 Å². The maximum atomic E-state index is 13.3. The van der Waals surface area contributed by atoms with E-state index in [1.54, 1.807) is 0 Å². The molecular weight excluding hydrogens is 432 g/mol. The Morgan fingerprint density at radius 3 is 2.00 bits per heavy atom. The van der Waals surface area contributed by atoms with E-state index in [9.17, 15) is 14.4 Å². The Morgan fingerprint density at radius 1 is 1.00 bits per heavy atom. The molecule has 0 spiro atoms. The van der Waals surface area contributed by atoms with Crippen LogP contribution in [0.3, 0.4) is 0 Å². The Morgan fingerprint density at radius 2 is 1.53 bits per heavy atom. The van der Waals surface area contributed by atoms with Crippen LogP contribution in [-0.2, 0) is 14.3 Å². The SMILES string of the molecule is CC(C)N(CCC(=O)O)C(=O)C(NC(=O)OCC1c2ccccc2-c2ccccc21)C(C)(C)C. The summed E-state index contributed by atoms with van der Waals surface area (Å²) in [4.78, 5) is 38.7. The highest BCUT2D eigenvalue weighted by molar-refractivity contribution is 5.87. The van der Waals surface area contributed by atoms with E-state index in [2.05, 4.69) is 17.4 Å². The molecule has 3 rings (SSSR count). The van der Waals surface area contributed by atoms with Crippen molar-refractivity contribution in [2.45, 2.75) is 59.0 Å². The average Bonchev–Trinajstić information content (AvgIpc) is 3.08. The number of aliphatic carboxylic acids is 1. The summed E-state index contributed by atoms with van der Waals surface area (Å²) in [7, 11) is 0. The molecule has 0 bridgehead atoms. The molecule has 34 heavy (non-hydrogen) atoms. The van der Waals surface area contributed by atoms with Crippen LogP contribution in [0.15, 0.2) is 48.5 Å². The van der Waals surface area contributed by atoms with Crippen molar-refractivity contribution in [1.82, 2.24) is 10.2 Å². The van der Waals surface area contributed by atoms with Gasteiger partial charge >= 0.3 is 12.1 Å². The highest BCUT2D eigenvalue weighted by atomic mass is 16.5. The van der Waals surface area contributed by atoms with Gasteiger partial charge in [0, 0.05) is 18.5 Å². The lowest BCUT2D eigenvalue weighted by Crippen LogP contribution is -2.56. The maximum absolute atomic E-state index is 13.3. The molecule has 2 aromatic rings. The summed E-state index contributed by atoms with van der Waals surface area (Å²) in [6, 6.07) is 15.1. The van der Waals surface area contributed by atoms with E-state index in [4.69, 9.17) is 9.84 Å². The van der Waals surface area contributed by atoms with Crippen LogP contribution in [0, 0.1) is 5.41 Å². The van der Waals surface area contributed by atoms with Gasteiger partial charge in [0.05, 0.1) is 6.42 Å². The molecule has 0 aliphatic heterocycles.